The fourth-order valence-electron chi connectivity index (χ4n) is 3.05. The standard InChI is InChI=1S/C23H16ClFN2O3S/c1-30-19-5-3-2-4-18(19)27-22(28)20(26-16-10-8-15(25)9-11-16)21(23(27)29)31-17-12-6-14(24)7-13-17/h2-13,26H,1H3. The van der Waals surface area contributed by atoms with Crippen LogP contribution in [0.25, 0.3) is 0 Å². The number of nitrogens with one attached hydrogen (secondary N) is 1. The van der Waals surface area contributed by atoms with E-state index in [1.165, 1.54) is 31.4 Å². The number of rotatable bonds is 6. The molecule has 0 saturated heterocycles. The molecule has 0 aromatic heterocycles. The number of benzene rings is 3. The molecule has 0 spiro atoms. The highest BCUT2D eigenvalue weighted by molar-refractivity contribution is 8.04. The molecule has 8 heteroatoms. The molecule has 1 N–H and O–H groups in total. The quantitative estimate of drug-likeness (QED) is 0.500. The monoisotopic (exact) mass is 454 g/mol. The number of carbonyl (C=O) groups is 2. The molecular formula is C23H16ClFN2O3S. The molecule has 5 nitrogen and oxygen atoms in total. The largest absolute Gasteiger partial charge is 0.495 e. The van der Waals surface area contributed by atoms with E-state index in [9.17, 15) is 14.0 Å². The second-order valence-electron chi connectivity index (χ2n) is 6.51. The molecule has 0 bridgehead atoms. The summed E-state index contributed by atoms with van der Waals surface area (Å²) in [4.78, 5) is 28.7. The van der Waals surface area contributed by atoms with Crippen LogP contribution in [0.5, 0.6) is 5.75 Å². The molecule has 0 unspecified atom stereocenters. The van der Waals surface area contributed by atoms with E-state index in [4.69, 9.17) is 16.3 Å². The van der Waals surface area contributed by atoms with Crippen LogP contribution < -0.4 is 15.0 Å². The minimum absolute atomic E-state index is 0.0995. The first-order chi connectivity index (χ1) is 15.0. The molecule has 2 amide bonds. The average Bonchev–Trinajstić information content (AvgIpc) is 3.00. The predicted molar refractivity (Wildman–Crippen MR) is 120 cm³/mol. The number of hydrogen-bond acceptors (Lipinski definition) is 5. The highest BCUT2D eigenvalue weighted by Gasteiger charge is 2.41. The van der Waals surface area contributed by atoms with E-state index >= 15 is 0 Å². The Hall–Kier alpha value is -3.29. The van der Waals surface area contributed by atoms with Gasteiger partial charge in [0.15, 0.2) is 0 Å². The van der Waals surface area contributed by atoms with Crippen molar-refractivity contribution in [3.8, 4) is 5.75 Å². The number of halogens is 2. The zero-order valence-corrected chi connectivity index (χ0v) is 17.8. The minimum atomic E-state index is -0.532. The zero-order valence-electron chi connectivity index (χ0n) is 16.3. The Morgan fingerprint density at radius 2 is 1.61 bits per heavy atom. The van der Waals surface area contributed by atoms with Gasteiger partial charge in [0.1, 0.15) is 22.2 Å². The third-order valence-electron chi connectivity index (χ3n) is 4.51. The molecule has 4 rings (SSSR count). The molecule has 0 atom stereocenters. The summed E-state index contributed by atoms with van der Waals surface area (Å²) in [5.74, 6) is -1.03. The Morgan fingerprint density at radius 1 is 0.935 bits per heavy atom. The van der Waals surface area contributed by atoms with Crippen LogP contribution in [0.2, 0.25) is 5.02 Å². The topological polar surface area (TPSA) is 58.6 Å². The van der Waals surface area contributed by atoms with Crippen LogP contribution >= 0.6 is 23.4 Å². The maximum atomic E-state index is 13.4. The lowest BCUT2D eigenvalue weighted by molar-refractivity contribution is -0.120. The molecule has 1 aliphatic heterocycles. The van der Waals surface area contributed by atoms with Crippen molar-refractivity contribution in [1.82, 2.24) is 0 Å². The number of para-hydroxylation sites is 2. The van der Waals surface area contributed by atoms with Gasteiger partial charge in [0.2, 0.25) is 0 Å². The lowest BCUT2D eigenvalue weighted by atomic mass is 10.2. The third kappa shape index (κ3) is 4.28. The average molecular weight is 455 g/mol. The lowest BCUT2D eigenvalue weighted by Gasteiger charge is -2.18. The van der Waals surface area contributed by atoms with Gasteiger partial charge in [-0.2, -0.15) is 0 Å². The Labute approximate surface area is 187 Å². The van der Waals surface area contributed by atoms with Crippen molar-refractivity contribution in [2.45, 2.75) is 4.90 Å². The van der Waals surface area contributed by atoms with E-state index in [-0.39, 0.29) is 10.6 Å². The number of thioether (sulfide) groups is 1. The molecule has 1 heterocycles. The van der Waals surface area contributed by atoms with Gasteiger partial charge in [-0.05, 0) is 60.7 Å². The molecule has 1 aliphatic rings. The second-order valence-corrected chi connectivity index (χ2v) is 8.03. The maximum Gasteiger partial charge on any atom is 0.283 e. The molecule has 0 aliphatic carbocycles. The number of nitrogens with zero attached hydrogens (tertiary/aromatic N) is 1. The van der Waals surface area contributed by atoms with Crippen molar-refractivity contribution in [1.29, 1.82) is 0 Å². The number of carbonyl (C=O) groups excluding carboxylic acids is 2. The summed E-state index contributed by atoms with van der Waals surface area (Å²) in [6.45, 7) is 0. The van der Waals surface area contributed by atoms with Crippen LogP contribution in [-0.2, 0) is 9.59 Å². The van der Waals surface area contributed by atoms with Crippen molar-refractivity contribution in [3.63, 3.8) is 0 Å². The van der Waals surface area contributed by atoms with Crippen molar-refractivity contribution in [2.24, 2.45) is 0 Å². The van der Waals surface area contributed by atoms with Crippen molar-refractivity contribution < 1.29 is 18.7 Å². The smallest absolute Gasteiger partial charge is 0.283 e. The Morgan fingerprint density at radius 3 is 2.29 bits per heavy atom. The van der Waals surface area contributed by atoms with Gasteiger partial charge in [0, 0.05) is 15.6 Å². The van der Waals surface area contributed by atoms with Gasteiger partial charge in [-0.3, -0.25) is 9.59 Å². The van der Waals surface area contributed by atoms with Crippen LogP contribution in [0.4, 0.5) is 15.8 Å². The van der Waals surface area contributed by atoms with Crippen LogP contribution in [0.1, 0.15) is 0 Å². The van der Waals surface area contributed by atoms with Crippen LogP contribution in [-0.4, -0.2) is 18.9 Å². The van der Waals surface area contributed by atoms with Crippen molar-refractivity contribution in [3.05, 3.63) is 94.2 Å². The van der Waals surface area contributed by atoms with Gasteiger partial charge in [0.05, 0.1) is 12.8 Å². The normalized spacial score (nSPS) is 13.7. The summed E-state index contributed by atoms with van der Waals surface area (Å²) in [6, 6.07) is 19.3. The van der Waals surface area contributed by atoms with Gasteiger partial charge >= 0.3 is 0 Å². The fourth-order valence-corrected chi connectivity index (χ4v) is 4.10. The first-order valence-electron chi connectivity index (χ1n) is 9.20. The van der Waals surface area contributed by atoms with Crippen molar-refractivity contribution in [2.75, 3.05) is 17.3 Å². The predicted octanol–water partition coefficient (Wildman–Crippen LogP) is 5.48. The molecule has 156 valence electrons. The lowest BCUT2D eigenvalue weighted by Crippen LogP contribution is -2.32. The van der Waals surface area contributed by atoms with Gasteiger partial charge in [-0.1, -0.05) is 35.5 Å². The number of ether oxygens (including phenoxy) is 1. The zero-order chi connectivity index (χ0) is 22.0. The first-order valence-corrected chi connectivity index (χ1v) is 10.4. The van der Waals surface area contributed by atoms with Crippen LogP contribution in [0.15, 0.2) is 88.3 Å². The van der Waals surface area contributed by atoms with Crippen molar-refractivity contribution >= 4 is 46.6 Å². The molecule has 31 heavy (non-hydrogen) atoms. The van der Waals surface area contributed by atoms with Gasteiger partial charge in [0.25, 0.3) is 11.8 Å². The van der Waals surface area contributed by atoms with Gasteiger partial charge in [-0.25, -0.2) is 9.29 Å². The molecule has 0 fully saturated rings. The van der Waals surface area contributed by atoms with Crippen LogP contribution in [0.3, 0.4) is 0 Å². The molecule has 3 aromatic rings. The summed E-state index contributed by atoms with van der Waals surface area (Å²) >= 11 is 7.10. The number of hydrogen-bond donors (Lipinski definition) is 1. The molecule has 0 saturated carbocycles. The van der Waals surface area contributed by atoms with E-state index in [1.54, 1.807) is 48.5 Å². The molecule has 3 aromatic carbocycles. The maximum absolute atomic E-state index is 13.4. The number of amides is 2. The highest BCUT2D eigenvalue weighted by Crippen LogP contribution is 2.40. The van der Waals surface area contributed by atoms with Crippen LogP contribution in [0, 0.1) is 5.82 Å². The van der Waals surface area contributed by atoms with E-state index in [2.05, 4.69) is 5.32 Å². The Kier molecular flexibility index (Phi) is 5.97. The number of imide groups is 1. The summed E-state index contributed by atoms with van der Waals surface area (Å²) in [5.41, 5.74) is 0.918. The highest BCUT2D eigenvalue weighted by atomic mass is 35.5. The molecule has 0 radical (unpaired) electrons. The van der Waals surface area contributed by atoms with E-state index in [0.717, 1.165) is 21.6 Å². The number of methoxy groups -OCH3 is 1. The second kappa shape index (κ2) is 8.83. The third-order valence-corrected chi connectivity index (χ3v) is 5.86. The Balaban J connectivity index is 1.76. The van der Waals surface area contributed by atoms with E-state index < -0.39 is 17.6 Å². The first kappa shape index (κ1) is 21.0. The van der Waals surface area contributed by atoms with Gasteiger partial charge < -0.3 is 10.1 Å². The van der Waals surface area contributed by atoms with E-state index in [0.29, 0.717) is 22.1 Å². The summed E-state index contributed by atoms with van der Waals surface area (Å²) in [7, 11) is 1.47. The molecular weight excluding hydrogens is 439 g/mol. The SMILES string of the molecule is COc1ccccc1N1C(=O)C(Nc2ccc(F)cc2)=C(Sc2ccc(Cl)cc2)C1=O. The summed E-state index contributed by atoms with van der Waals surface area (Å²) in [5, 5.41) is 3.54. The van der Waals surface area contributed by atoms with E-state index in [1.807, 2.05) is 0 Å². The summed E-state index contributed by atoms with van der Waals surface area (Å²) in [6.07, 6.45) is 0. The number of anilines is 2. The minimum Gasteiger partial charge on any atom is -0.495 e. The Bertz CT molecular complexity index is 1110. The van der Waals surface area contributed by atoms with Gasteiger partial charge in [-0.15, -0.1) is 0 Å². The fraction of sp³-hybridized carbons (Fsp3) is 0.0435. The summed E-state index contributed by atoms with van der Waals surface area (Å²) < 4.78 is 18.6.